The maximum atomic E-state index is 5.83. The molecule has 0 saturated heterocycles. The molecule has 21 heavy (non-hydrogen) atoms. The number of rotatable bonds is 8. The Morgan fingerprint density at radius 2 is 1.71 bits per heavy atom. The van der Waals surface area contributed by atoms with Crippen LogP contribution in [0.1, 0.15) is 41.6 Å². The van der Waals surface area contributed by atoms with Crippen molar-refractivity contribution in [2.45, 2.75) is 45.2 Å². The summed E-state index contributed by atoms with van der Waals surface area (Å²) in [6.45, 7) is 8.35. The summed E-state index contributed by atoms with van der Waals surface area (Å²) in [5.41, 5.74) is 4.08. The topological polar surface area (TPSA) is 25.2 Å². The Labute approximate surface area is 132 Å². The van der Waals surface area contributed by atoms with Gasteiger partial charge in [0.05, 0.1) is 12.3 Å². The van der Waals surface area contributed by atoms with Crippen LogP contribution in [0, 0.1) is 13.8 Å². The van der Waals surface area contributed by atoms with E-state index < -0.39 is 0 Å². The summed E-state index contributed by atoms with van der Waals surface area (Å²) in [5, 5.41) is 3.36. The second-order valence-electron chi connectivity index (χ2n) is 5.53. The predicted molar refractivity (Wildman–Crippen MR) is 91.6 cm³/mol. The summed E-state index contributed by atoms with van der Waals surface area (Å²) in [7, 11) is 0. The minimum absolute atomic E-state index is 0.829. The molecule has 2 rings (SSSR count). The highest BCUT2D eigenvalue weighted by atomic mass is 32.2. The van der Waals surface area contributed by atoms with Gasteiger partial charge in [0.1, 0.15) is 11.5 Å². The summed E-state index contributed by atoms with van der Waals surface area (Å²) >= 11 is 1.90. The summed E-state index contributed by atoms with van der Waals surface area (Å²) < 4.78 is 5.83. The fourth-order valence-electron chi connectivity index (χ4n) is 2.41. The number of aryl methyl sites for hydroxylation is 2. The van der Waals surface area contributed by atoms with Gasteiger partial charge in [-0.1, -0.05) is 36.2 Å². The van der Waals surface area contributed by atoms with E-state index in [1.165, 1.54) is 16.7 Å². The van der Waals surface area contributed by atoms with Crippen LogP contribution in [0.15, 0.2) is 34.7 Å². The highest BCUT2D eigenvalue weighted by molar-refractivity contribution is 7.97. The molecule has 0 radical (unpaired) electrons. The van der Waals surface area contributed by atoms with Gasteiger partial charge in [0.25, 0.3) is 0 Å². The van der Waals surface area contributed by atoms with Crippen molar-refractivity contribution in [3.8, 4) is 0 Å². The lowest BCUT2D eigenvalue weighted by molar-refractivity contribution is 0.459. The van der Waals surface area contributed by atoms with Crippen molar-refractivity contribution in [3.05, 3.63) is 58.5 Å². The molecule has 0 amide bonds. The quantitative estimate of drug-likeness (QED) is 0.707. The van der Waals surface area contributed by atoms with Crippen molar-refractivity contribution in [1.82, 2.24) is 5.32 Å². The van der Waals surface area contributed by atoms with Crippen LogP contribution in [0.2, 0.25) is 0 Å². The molecule has 0 bridgehead atoms. The lowest BCUT2D eigenvalue weighted by Crippen LogP contribution is -2.12. The predicted octanol–water partition coefficient (Wildman–Crippen LogP) is 4.83. The molecular weight excluding hydrogens is 278 g/mol. The molecule has 1 aromatic heterocycles. The van der Waals surface area contributed by atoms with E-state index in [2.05, 4.69) is 56.4 Å². The first-order chi connectivity index (χ1) is 10.2. The van der Waals surface area contributed by atoms with Crippen LogP contribution in [0.3, 0.4) is 0 Å². The van der Waals surface area contributed by atoms with Gasteiger partial charge in [-0.25, -0.2) is 0 Å². The molecule has 2 nitrogen and oxygen atoms in total. The first-order valence-electron chi connectivity index (χ1n) is 7.60. The van der Waals surface area contributed by atoms with Gasteiger partial charge in [0.2, 0.25) is 0 Å². The number of nitrogens with one attached hydrogen (secondary N) is 1. The second kappa shape index (κ2) is 8.30. The van der Waals surface area contributed by atoms with Crippen LogP contribution >= 0.6 is 11.8 Å². The SMILES string of the molecule is CCCNCc1ccc(CSCc2cc(C)cc(C)c2)o1. The minimum Gasteiger partial charge on any atom is -0.464 e. The van der Waals surface area contributed by atoms with Gasteiger partial charge >= 0.3 is 0 Å². The molecule has 2 aromatic rings. The van der Waals surface area contributed by atoms with Gasteiger partial charge < -0.3 is 9.73 Å². The molecule has 0 spiro atoms. The Bertz CT molecular complexity index is 542. The number of hydrogen-bond acceptors (Lipinski definition) is 3. The molecule has 1 aromatic carbocycles. The van der Waals surface area contributed by atoms with Crippen LogP contribution in [0.4, 0.5) is 0 Å². The molecule has 0 unspecified atom stereocenters. The molecule has 0 fully saturated rings. The molecule has 0 saturated carbocycles. The van der Waals surface area contributed by atoms with Gasteiger partial charge in [-0.3, -0.25) is 0 Å². The molecule has 3 heteroatoms. The summed E-state index contributed by atoms with van der Waals surface area (Å²) in [4.78, 5) is 0. The minimum atomic E-state index is 0.829. The Kier molecular flexibility index (Phi) is 6.40. The zero-order valence-electron chi connectivity index (χ0n) is 13.2. The van der Waals surface area contributed by atoms with Crippen LogP contribution < -0.4 is 5.32 Å². The molecule has 114 valence electrons. The van der Waals surface area contributed by atoms with Crippen molar-refractivity contribution in [3.63, 3.8) is 0 Å². The van der Waals surface area contributed by atoms with Gasteiger partial charge in [0.15, 0.2) is 0 Å². The first kappa shape index (κ1) is 16.2. The monoisotopic (exact) mass is 303 g/mol. The summed E-state index contributed by atoms with van der Waals surface area (Å²) in [6, 6.07) is 10.9. The van der Waals surface area contributed by atoms with Crippen LogP contribution in [-0.2, 0) is 18.1 Å². The smallest absolute Gasteiger partial charge is 0.117 e. The molecule has 0 atom stereocenters. The van der Waals surface area contributed by atoms with Gasteiger partial charge in [-0.2, -0.15) is 0 Å². The van der Waals surface area contributed by atoms with E-state index in [9.17, 15) is 0 Å². The fraction of sp³-hybridized carbons (Fsp3) is 0.444. The zero-order chi connectivity index (χ0) is 15.1. The highest BCUT2D eigenvalue weighted by Crippen LogP contribution is 2.21. The van der Waals surface area contributed by atoms with Crippen molar-refractivity contribution >= 4 is 11.8 Å². The Hall–Kier alpha value is -1.19. The fourth-order valence-corrected chi connectivity index (χ4v) is 3.27. The Balaban J connectivity index is 1.78. The molecule has 1 heterocycles. The lowest BCUT2D eigenvalue weighted by atomic mass is 10.1. The molecular formula is C18H25NOS. The normalized spacial score (nSPS) is 11.0. The number of benzene rings is 1. The van der Waals surface area contributed by atoms with E-state index in [0.29, 0.717) is 0 Å². The third-order valence-electron chi connectivity index (χ3n) is 3.24. The molecule has 0 aliphatic rings. The van der Waals surface area contributed by atoms with Gasteiger partial charge in [-0.05, 0) is 44.5 Å². The third-order valence-corrected chi connectivity index (χ3v) is 4.26. The van der Waals surface area contributed by atoms with Crippen molar-refractivity contribution in [2.75, 3.05) is 6.54 Å². The zero-order valence-corrected chi connectivity index (χ0v) is 14.1. The summed E-state index contributed by atoms with van der Waals surface area (Å²) in [5.74, 6) is 4.07. The van der Waals surface area contributed by atoms with E-state index in [-0.39, 0.29) is 0 Å². The van der Waals surface area contributed by atoms with Crippen LogP contribution in [-0.4, -0.2) is 6.54 Å². The van der Waals surface area contributed by atoms with E-state index in [0.717, 1.165) is 42.5 Å². The van der Waals surface area contributed by atoms with E-state index in [1.54, 1.807) is 0 Å². The average molecular weight is 303 g/mol. The number of thioether (sulfide) groups is 1. The van der Waals surface area contributed by atoms with E-state index in [1.807, 2.05) is 11.8 Å². The van der Waals surface area contributed by atoms with Crippen LogP contribution in [0.5, 0.6) is 0 Å². The van der Waals surface area contributed by atoms with E-state index >= 15 is 0 Å². The van der Waals surface area contributed by atoms with Crippen LogP contribution in [0.25, 0.3) is 0 Å². The second-order valence-corrected chi connectivity index (χ2v) is 6.52. The number of furan rings is 1. The average Bonchev–Trinajstić information content (AvgIpc) is 2.86. The molecule has 0 aliphatic carbocycles. The van der Waals surface area contributed by atoms with Crippen molar-refractivity contribution in [2.24, 2.45) is 0 Å². The largest absolute Gasteiger partial charge is 0.464 e. The summed E-state index contributed by atoms with van der Waals surface area (Å²) in [6.07, 6.45) is 1.15. The van der Waals surface area contributed by atoms with Crippen molar-refractivity contribution in [1.29, 1.82) is 0 Å². The highest BCUT2D eigenvalue weighted by Gasteiger charge is 2.03. The maximum Gasteiger partial charge on any atom is 0.117 e. The Morgan fingerprint density at radius 1 is 1.00 bits per heavy atom. The number of hydrogen-bond donors (Lipinski definition) is 1. The lowest BCUT2D eigenvalue weighted by Gasteiger charge is -2.04. The maximum absolute atomic E-state index is 5.83. The first-order valence-corrected chi connectivity index (χ1v) is 8.76. The molecule has 0 aliphatic heterocycles. The molecule has 1 N–H and O–H groups in total. The van der Waals surface area contributed by atoms with Gasteiger partial charge in [0, 0.05) is 5.75 Å². The van der Waals surface area contributed by atoms with Gasteiger partial charge in [-0.15, -0.1) is 11.8 Å². The van der Waals surface area contributed by atoms with Crippen molar-refractivity contribution < 1.29 is 4.42 Å². The third kappa shape index (κ3) is 5.60. The Morgan fingerprint density at radius 3 is 2.43 bits per heavy atom. The van der Waals surface area contributed by atoms with E-state index in [4.69, 9.17) is 4.42 Å². The standard InChI is InChI=1S/C18H25NOS/c1-4-7-19-11-17-5-6-18(20-17)13-21-12-16-9-14(2)8-15(3)10-16/h5-6,8-10,19H,4,7,11-13H2,1-3H3.